The monoisotopic (exact) mass is 291 g/mol. The van der Waals surface area contributed by atoms with E-state index in [1.54, 1.807) is 0 Å². The van der Waals surface area contributed by atoms with Gasteiger partial charge >= 0.3 is 5.97 Å². The number of hydrogen-bond donors (Lipinski definition) is 1. The van der Waals surface area contributed by atoms with Crippen molar-refractivity contribution >= 4 is 5.97 Å². The topological polar surface area (TPSA) is 49.8 Å². The van der Waals surface area contributed by atoms with E-state index in [0.29, 0.717) is 19.1 Å². The minimum atomic E-state index is -0.744. The molecule has 1 N–H and O–H groups in total. The van der Waals surface area contributed by atoms with Crippen molar-refractivity contribution in [1.29, 1.82) is 0 Å². The second-order valence-electron chi connectivity index (χ2n) is 5.86. The summed E-state index contributed by atoms with van der Waals surface area (Å²) in [6, 6.07) is 10.4. The normalized spacial score (nSPS) is 23.4. The van der Waals surface area contributed by atoms with Gasteiger partial charge in [-0.2, -0.15) is 0 Å². The molecule has 1 saturated heterocycles. The van der Waals surface area contributed by atoms with Crippen LogP contribution in [0.2, 0.25) is 0 Å². The van der Waals surface area contributed by atoms with Gasteiger partial charge in [0.15, 0.2) is 0 Å². The second-order valence-corrected chi connectivity index (χ2v) is 5.86. The van der Waals surface area contributed by atoms with E-state index in [0.717, 1.165) is 19.5 Å². The standard InChI is InChI=1S/C17H25NO3/c1-3-9-18(16-12-21-11-15(16)17(19)20)10-13(2)14-7-5-4-6-8-14/h4-8,13,15-16H,3,9-12H2,1-2H3,(H,19,20). The number of rotatable bonds is 7. The Labute approximate surface area is 126 Å². The van der Waals surface area contributed by atoms with Crippen molar-refractivity contribution in [2.24, 2.45) is 5.92 Å². The first-order valence-corrected chi connectivity index (χ1v) is 7.73. The highest BCUT2D eigenvalue weighted by molar-refractivity contribution is 5.71. The number of carboxylic acids is 1. The molecule has 4 heteroatoms. The third kappa shape index (κ3) is 4.05. The summed E-state index contributed by atoms with van der Waals surface area (Å²) in [5.74, 6) is -0.765. The van der Waals surface area contributed by atoms with Crippen LogP contribution < -0.4 is 0 Å². The molecule has 116 valence electrons. The molecule has 0 saturated carbocycles. The third-order valence-electron chi connectivity index (χ3n) is 4.22. The fourth-order valence-corrected chi connectivity index (χ4v) is 3.06. The highest BCUT2D eigenvalue weighted by Gasteiger charge is 2.38. The van der Waals surface area contributed by atoms with E-state index in [4.69, 9.17) is 4.74 Å². The van der Waals surface area contributed by atoms with Crippen molar-refractivity contribution in [2.45, 2.75) is 32.2 Å². The van der Waals surface area contributed by atoms with Gasteiger partial charge < -0.3 is 9.84 Å². The molecule has 0 bridgehead atoms. The van der Waals surface area contributed by atoms with Gasteiger partial charge in [-0.05, 0) is 24.4 Å². The predicted octanol–water partition coefficient (Wildman–Crippen LogP) is 2.60. The summed E-state index contributed by atoms with van der Waals surface area (Å²) in [6.45, 7) is 6.97. The van der Waals surface area contributed by atoms with Gasteiger partial charge in [-0.1, -0.05) is 44.2 Å². The maximum Gasteiger partial charge on any atom is 0.310 e. The van der Waals surface area contributed by atoms with E-state index in [2.05, 4.69) is 43.0 Å². The van der Waals surface area contributed by atoms with E-state index in [-0.39, 0.29) is 6.04 Å². The predicted molar refractivity (Wildman–Crippen MR) is 82.5 cm³/mol. The Kier molecular flexibility index (Phi) is 5.76. The zero-order valence-electron chi connectivity index (χ0n) is 12.9. The van der Waals surface area contributed by atoms with Crippen LogP contribution in [0.25, 0.3) is 0 Å². The minimum Gasteiger partial charge on any atom is -0.481 e. The van der Waals surface area contributed by atoms with Gasteiger partial charge in [0.2, 0.25) is 0 Å². The molecule has 21 heavy (non-hydrogen) atoms. The number of carboxylic acid groups (broad SMARTS) is 1. The molecule has 1 aliphatic rings. The van der Waals surface area contributed by atoms with Gasteiger partial charge in [0, 0.05) is 12.6 Å². The Morgan fingerprint density at radius 2 is 2.10 bits per heavy atom. The Morgan fingerprint density at radius 1 is 1.38 bits per heavy atom. The van der Waals surface area contributed by atoms with Gasteiger partial charge in [-0.25, -0.2) is 0 Å². The second kappa shape index (κ2) is 7.57. The molecule has 4 nitrogen and oxygen atoms in total. The van der Waals surface area contributed by atoms with Crippen molar-refractivity contribution in [3.05, 3.63) is 35.9 Å². The lowest BCUT2D eigenvalue weighted by Crippen LogP contribution is -2.45. The average molecular weight is 291 g/mol. The summed E-state index contributed by atoms with van der Waals surface area (Å²) >= 11 is 0. The third-order valence-corrected chi connectivity index (χ3v) is 4.22. The highest BCUT2D eigenvalue weighted by atomic mass is 16.5. The van der Waals surface area contributed by atoms with E-state index in [1.165, 1.54) is 5.56 Å². The molecule has 1 aromatic carbocycles. The van der Waals surface area contributed by atoms with Gasteiger partial charge in [0.1, 0.15) is 0 Å². The lowest BCUT2D eigenvalue weighted by atomic mass is 9.97. The summed E-state index contributed by atoms with van der Waals surface area (Å²) in [7, 11) is 0. The largest absolute Gasteiger partial charge is 0.481 e. The van der Waals surface area contributed by atoms with E-state index < -0.39 is 11.9 Å². The number of carbonyl (C=O) groups is 1. The summed E-state index contributed by atoms with van der Waals surface area (Å²) in [6.07, 6.45) is 1.02. The van der Waals surface area contributed by atoms with Gasteiger partial charge in [0.05, 0.1) is 19.1 Å². The zero-order chi connectivity index (χ0) is 15.2. The average Bonchev–Trinajstić information content (AvgIpc) is 2.97. The van der Waals surface area contributed by atoms with Crippen molar-refractivity contribution in [3.8, 4) is 0 Å². The molecular weight excluding hydrogens is 266 g/mol. The quantitative estimate of drug-likeness (QED) is 0.839. The molecule has 1 heterocycles. The van der Waals surface area contributed by atoms with Crippen LogP contribution in [0.4, 0.5) is 0 Å². The summed E-state index contributed by atoms with van der Waals surface area (Å²) in [5.41, 5.74) is 1.30. The van der Waals surface area contributed by atoms with Crippen molar-refractivity contribution < 1.29 is 14.6 Å². The zero-order valence-corrected chi connectivity index (χ0v) is 12.9. The SMILES string of the molecule is CCCN(CC(C)c1ccccc1)C1COCC1C(=O)O. The number of benzene rings is 1. The van der Waals surface area contributed by atoms with E-state index in [1.807, 2.05) is 6.07 Å². The van der Waals surface area contributed by atoms with Crippen molar-refractivity contribution in [1.82, 2.24) is 4.90 Å². The molecule has 1 aromatic rings. The van der Waals surface area contributed by atoms with Crippen LogP contribution in [0.5, 0.6) is 0 Å². The molecular formula is C17H25NO3. The Hall–Kier alpha value is -1.39. The first-order valence-electron chi connectivity index (χ1n) is 7.73. The molecule has 0 radical (unpaired) electrons. The Bertz CT molecular complexity index is 449. The number of aliphatic carboxylic acids is 1. The molecule has 3 atom stereocenters. The molecule has 1 fully saturated rings. The number of hydrogen-bond acceptors (Lipinski definition) is 3. The molecule has 0 amide bonds. The van der Waals surface area contributed by atoms with Gasteiger partial charge in [-0.15, -0.1) is 0 Å². The first kappa shape index (κ1) is 16.0. The maximum absolute atomic E-state index is 11.4. The molecule has 1 aliphatic heterocycles. The first-order chi connectivity index (χ1) is 10.1. The molecule has 0 spiro atoms. The van der Waals surface area contributed by atoms with Crippen molar-refractivity contribution in [2.75, 3.05) is 26.3 Å². The number of nitrogens with zero attached hydrogens (tertiary/aromatic N) is 1. The maximum atomic E-state index is 11.4. The fourth-order valence-electron chi connectivity index (χ4n) is 3.06. The van der Waals surface area contributed by atoms with Gasteiger partial charge in [0.25, 0.3) is 0 Å². The molecule has 0 aromatic heterocycles. The summed E-state index contributed by atoms with van der Waals surface area (Å²) in [5, 5.41) is 9.35. The Balaban J connectivity index is 2.06. The van der Waals surface area contributed by atoms with Crippen molar-refractivity contribution in [3.63, 3.8) is 0 Å². The lowest BCUT2D eigenvalue weighted by molar-refractivity contribution is -0.143. The molecule has 3 unspecified atom stereocenters. The van der Waals surface area contributed by atoms with Crippen LogP contribution in [-0.2, 0) is 9.53 Å². The van der Waals surface area contributed by atoms with E-state index in [9.17, 15) is 9.90 Å². The van der Waals surface area contributed by atoms with Crippen LogP contribution in [0.3, 0.4) is 0 Å². The number of ether oxygens (including phenoxy) is 1. The minimum absolute atomic E-state index is 0.00591. The Morgan fingerprint density at radius 3 is 2.71 bits per heavy atom. The van der Waals surface area contributed by atoms with Crippen LogP contribution in [0, 0.1) is 5.92 Å². The molecule has 2 rings (SSSR count). The lowest BCUT2D eigenvalue weighted by Gasteiger charge is -2.32. The highest BCUT2D eigenvalue weighted by Crippen LogP contribution is 2.24. The fraction of sp³-hybridized carbons (Fsp3) is 0.588. The van der Waals surface area contributed by atoms with Crippen LogP contribution in [0.1, 0.15) is 31.7 Å². The van der Waals surface area contributed by atoms with Crippen LogP contribution in [0.15, 0.2) is 30.3 Å². The summed E-state index contributed by atoms with van der Waals surface area (Å²) < 4.78 is 5.42. The van der Waals surface area contributed by atoms with Crippen LogP contribution in [-0.4, -0.2) is 48.3 Å². The smallest absolute Gasteiger partial charge is 0.310 e. The van der Waals surface area contributed by atoms with Crippen LogP contribution >= 0.6 is 0 Å². The summed E-state index contributed by atoms with van der Waals surface area (Å²) in [4.78, 5) is 13.7. The molecule has 0 aliphatic carbocycles. The van der Waals surface area contributed by atoms with E-state index >= 15 is 0 Å². The van der Waals surface area contributed by atoms with Gasteiger partial charge in [-0.3, -0.25) is 9.69 Å².